The van der Waals surface area contributed by atoms with Gasteiger partial charge in [-0.2, -0.15) is 0 Å². The lowest BCUT2D eigenvalue weighted by Crippen LogP contribution is -2.00. The molecule has 0 rings (SSSR count). The minimum atomic E-state index is -4.09. The van der Waals surface area contributed by atoms with Crippen LogP contribution in [-0.4, -0.2) is 24.6 Å². The van der Waals surface area contributed by atoms with Crippen LogP contribution in [0, 0.1) is 0 Å². The Morgan fingerprint density at radius 3 is 2.33 bits per heavy atom. The predicted octanol–water partition coefficient (Wildman–Crippen LogP) is 0.327. The standard InChI is InChI=1S/C4H7ClO3S/c5-3-1-2-4-9(6,7)8/h1-2H,3-4H2,(H,6,7,8)/p-1. The topological polar surface area (TPSA) is 57.2 Å². The summed E-state index contributed by atoms with van der Waals surface area (Å²) in [7, 11) is -4.09. The summed E-state index contributed by atoms with van der Waals surface area (Å²) in [6.07, 6.45) is 2.65. The molecule has 0 atom stereocenters. The van der Waals surface area contributed by atoms with E-state index < -0.39 is 15.9 Å². The number of hydrogen-bond donors (Lipinski definition) is 0. The monoisotopic (exact) mass is 169 g/mol. The molecule has 0 saturated heterocycles. The number of hydrogen-bond acceptors (Lipinski definition) is 3. The van der Waals surface area contributed by atoms with E-state index in [9.17, 15) is 13.0 Å². The molecule has 0 aliphatic rings. The molecule has 0 aromatic carbocycles. The third-order valence-corrected chi connectivity index (χ3v) is 1.33. The van der Waals surface area contributed by atoms with Crippen molar-refractivity contribution in [3.8, 4) is 0 Å². The summed E-state index contributed by atoms with van der Waals surface area (Å²) in [4.78, 5) is 0. The predicted molar refractivity (Wildman–Crippen MR) is 34.4 cm³/mol. The molecule has 9 heavy (non-hydrogen) atoms. The second-order valence-corrected chi connectivity index (χ2v) is 3.11. The lowest BCUT2D eigenvalue weighted by atomic mass is 10.6. The first-order chi connectivity index (χ1) is 4.06. The van der Waals surface area contributed by atoms with Gasteiger partial charge in [0, 0.05) is 5.88 Å². The van der Waals surface area contributed by atoms with Gasteiger partial charge in [-0.25, -0.2) is 8.42 Å². The Kier molecular flexibility index (Phi) is 3.84. The van der Waals surface area contributed by atoms with Crippen molar-refractivity contribution in [1.82, 2.24) is 0 Å². The first kappa shape index (κ1) is 8.94. The molecule has 0 aliphatic heterocycles. The number of alkyl halides is 1. The molecule has 0 spiro atoms. The van der Waals surface area contributed by atoms with E-state index in [0.29, 0.717) is 0 Å². The average Bonchev–Trinajstić information content (AvgIpc) is 1.63. The Morgan fingerprint density at radius 2 is 2.00 bits per heavy atom. The first-order valence-electron chi connectivity index (χ1n) is 2.21. The van der Waals surface area contributed by atoms with Gasteiger partial charge in [-0.1, -0.05) is 12.2 Å². The SMILES string of the molecule is O=S(=O)([O-])CC=CCCl. The summed E-state index contributed by atoms with van der Waals surface area (Å²) in [5.74, 6) is -0.241. The van der Waals surface area contributed by atoms with E-state index in [1.54, 1.807) is 0 Å². The van der Waals surface area contributed by atoms with Gasteiger partial charge in [0.2, 0.25) is 0 Å². The maximum absolute atomic E-state index is 9.86. The first-order valence-corrected chi connectivity index (χ1v) is 4.32. The highest BCUT2D eigenvalue weighted by atomic mass is 35.5. The summed E-state index contributed by atoms with van der Waals surface area (Å²) in [5.41, 5.74) is 0. The molecule has 0 aliphatic carbocycles. The van der Waals surface area contributed by atoms with Gasteiger partial charge in [-0.15, -0.1) is 11.6 Å². The van der Waals surface area contributed by atoms with E-state index in [1.807, 2.05) is 0 Å². The van der Waals surface area contributed by atoms with Crippen LogP contribution in [0.5, 0.6) is 0 Å². The highest BCUT2D eigenvalue weighted by molar-refractivity contribution is 7.85. The minimum absolute atomic E-state index is 0.232. The molecule has 0 saturated carbocycles. The van der Waals surface area contributed by atoms with Crippen LogP contribution in [0.3, 0.4) is 0 Å². The third-order valence-electron chi connectivity index (χ3n) is 0.556. The van der Waals surface area contributed by atoms with E-state index in [2.05, 4.69) is 0 Å². The van der Waals surface area contributed by atoms with Crippen molar-refractivity contribution >= 4 is 21.7 Å². The summed E-state index contributed by atoms with van der Waals surface area (Å²) in [6, 6.07) is 0. The molecular weight excluding hydrogens is 164 g/mol. The van der Waals surface area contributed by atoms with Crippen LogP contribution in [-0.2, 0) is 10.1 Å². The Hall–Kier alpha value is -0.0600. The molecule has 0 N–H and O–H groups in total. The molecule has 0 unspecified atom stereocenters. The summed E-state index contributed by atoms with van der Waals surface area (Å²) >= 11 is 5.15. The minimum Gasteiger partial charge on any atom is -0.748 e. The number of rotatable bonds is 3. The fourth-order valence-corrected chi connectivity index (χ4v) is 0.747. The van der Waals surface area contributed by atoms with Crippen LogP contribution in [0.4, 0.5) is 0 Å². The van der Waals surface area contributed by atoms with Crippen LogP contribution in [0.1, 0.15) is 0 Å². The smallest absolute Gasteiger partial charge is 0.0982 e. The van der Waals surface area contributed by atoms with Crippen LogP contribution >= 0.6 is 11.6 Å². The van der Waals surface area contributed by atoms with Crippen molar-refractivity contribution in [2.24, 2.45) is 0 Å². The van der Waals surface area contributed by atoms with E-state index >= 15 is 0 Å². The van der Waals surface area contributed by atoms with E-state index in [1.165, 1.54) is 12.2 Å². The van der Waals surface area contributed by atoms with Gasteiger partial charge in [-0.05, 0) is 0 Å². The molecule has 0 radical (unpaired) electrons. The molecule has 0 aromatic heterocycles. The summed E-state index contributed by atoms with van der Waals surface area (Å²) < 4.78 is 29.6. The lowest BCUT2D eigenvalue weighted by molar-refractivity contribution is 0.466. The van der Waals surface area contributed by atoms with Gasteiger partial charge < -0.3 is 4.55 Å². The molecule has 0 fully saturated rings. The molecule has 5 heteroatoms. The van der Waals surface area contributed by atoms with Gasteiger partial charge >= 0.3 is 0 Å². The summed E-state index contributed by atoms with van der Waals surface area (Å²) in [6.45, 7) is 0. The molecule has 54 valence electrons. The fraction of sp³-hybridized carbons (Fsp3) is 0.500. The number of allylic oxidation sites excluding steroid dienone is 1. The van der Waals surface area contributed by atoms with Crippen LogP contribution in [0.2, 0.25) is 0 Å². The Morgan fingerprint density at radius 1 is 1.44 bits per heavy atom. The van der Waals surface area contributed by atoms with Crippen LogP contribution < -0.4 is 0 Å². The van der Waals surface area contributed by atoms with Gasteiger partial charge in [0.1, 0.15) is 0 Å². The molecule has 0 heterocycles. The van der Waals surface area contributed by atoms with Crippen molar-refractivity contribution in [2.45, 2.75) is 0 Å². The van der Waals surface area contributed by atoms with Crippen LogP contribution in [0.25, 0.3) is 0 Å². The van der Waals surface area contributed by atoms with Crippen molar-refractivity contribution in [2.75, 3.05) is 11.6 Å². The Labute approximate surface area is 59.1 Å². The lowest BCUT2D eigenvalue weighted by Gasteiger charge is -1.99. The van der Waals surface area contributed by atoms with E-state index in [-0.39, 0.29) is 5.88 Å². The van der Waals surface area contributed by atoms with Crippen molar-refractivity contribution in [3.05, 3.63) is 12.2 Å². The van der Waals surface area contributed by atoms with E-state index in [0.717, 1.165) is 0 Å². The zero-order valence-electron chi connectivity index (χ0n) is 4.58. The van der Waals surface area contributed by atoms with Crippen molar-refractivity contribution in [1.29, 1.82) is 0 Å². The zero-order chi connectivity index (χ0) is 7.33. The van der Waals surface area contributed by atoms with Gasteiger partial charge in [0.05, 0.1) is 15.9 Å². The second kappa shape index (κ2) is 3.87. The molecule has 0 amide bonds. The fourth-order valence-electron chi connectivity index (χ4n) is 0.249. The zero-order valence-corrected chi connectivity index (χ0v) is 6.15. The number of halogens is 1. The van der Waals surface area contributed by atoms with Gasteiger partial charge in [0.15, 0.2) is 0 Å². The third kappa shape index (κ3) is 7.94. The summed E-state index contributed by atoms with van der Waals surface area (Å²) in [5, 5.41) is 0. The highest BCUT2D eigenvalue weighted by Crippen LogP contribution is 1.84. The average molecular weight is 170 g/mol. The largest absolute Gasteiger partial charge is 0.748 e. The molecule has 3 nitrogen and oxygen atoms in total. The highest BCUT2D eigenvalue weighted by Gasteiger charge is 1.85. The quantitative estimate of drug-likeness (QED) is 0.348. The molecule has 0 aromatic rings. The van der Waals surface area contributed by atoms with Crippen molar-refractivity contribution in [3.63, 3.8) is 0 Å². The van der Waals surface area contributed by atoms with E-state index in [4.69, 9.17) is 11.6 Å². The Bertz CT molecular complexity index is 182. The van der Waals surface area contributed by atoms with Crippen molar-refractivity contribution < 1.29 is 13.0 Å². The second-order valence-electron chi connectivity index (χ2n) is 1.35. The normalized spacial score (nSPS) is 12.7. The Balaban J connectivity index is 3.65. The van der Waals surface area contributed by atoms with Crippen LogP contribution in [0.15, 0.2) is 12.2 Å². The molecular formula is C4H6ClO3S-. The van der Waals surface area contributed by atoms with Gasteiger partial charge in [-0.3, -0.25) is 0 Å². The molecule has 0 bridgehead atoms. The maximum Gasteiger partial charge on any atom is 0.0982 e. The van der Waals surface area contributed by atoms with Gasteiger partial charge in [0.25, 0.3) is 0 Å². The maximum atomic E-state index is 9.86.